The average Bonchev–Trinajstić information content (AvgIpc) is 2.48. The summed E-state index contributed by atoms with van der Waals surface area (Å²) in [5, 5.41) is 11.0. The number of hydrogen-bond acceptors (Lipinski definition) is 3. The Morgan fingerprint density at radius 1 is 1.44 bits per heavy atom. The molecule has 2 atom stereocenters. The van der Waals surface area contributed by atoms with Crippen molar-refractivity contribution < 1.29 is 14.7 Å². The van der Waals surface area contributed by atoms with Gasteiger partial charge in [0.15, 0.2) is 5.78 Å². The van der Waals surface area contributed by atoms with Crippen LogP contribution in [-0.4, -0.2) is 11.8 Å². The predicted octanol–water partition coefficient (Wildman–Crippen LogP) is 1.55. The van der Waals surface area contributed by atoms with Crippen LogP contribution < -0.4 is 5.11 Å². The van der Waals surface area contributed by atoms with Gasteiger partial charge in [-0.2, -0.15) is 0 Å². The largest absolute Gasteiger partial charge is 0.550 e. The topological polar surface area (TPSA) is 57.2 Å². The van der Waals surface area contributed by atoms with Crippen LogP contribution in [0.1, 0.15) is 33.6 Å². The molecule has 0 heterocycles. The summed E-state index contributed by atoms with van der Waals surface area (Å²) < 4.78 is 0. The molecule has 0 fully saturated rings. The zero-order valence-corrected chi connectivity index (χ0v) is 10.9. The number of hydrogen-bond donors (Lipinski definition) is 0. The molecule has 2 aliphatic carbocycles. The Hall–Kier alpha value is -1.64. The second kappa shape index (κ2) is 4.56. The van der Waals surface area contributed by atoms with E-state index in [1.807, 2.05) is 19.9 Å². The number of carboxylic acid groups (broad SMARTS) is 1. The van der Waals surface area contributed by atoms with Crippen molar-refractivity contribution in [3.05, 3.63) is 34.4 Å². The Kier molecular flexibility index (Phi) is 3.24. The van der Waals surface area contributed by atoms with Crippen LogP contribution in [0.3, 0.4) is 0 Å². The van der Waals surface area contributed by atoms with E-state index in [2.05, 4.69) is 0 Å². The van der Waals surface area contributed by atoms with Gasteiger partial charge < -0.3 is 9.90 Å². The van der Waals surface area contributed by atoms with Gasteiger partial charge in [0.25, 0.3) is 0 Å². The molecular weight excluding hydrogens is 228 g/mol. The summed E-state index contributed by atoms with van der Waals surface area (Å²) in [5.74, 6) is -1.55. The molecule has 96 valence electrons. The highest BCUT2D eigenvalue weighted by atomic mass is 16.4. The van der Waals surface area contributed by atoms with Crippen molar-refractivity contribution >= 4 is 11.8 Å². The lowest BCUT2D eigenvalue weighted by atomic mass is 9.88. The first-order chi connectivity index (χ1) is 8.41. The summed E-state index contributed by atoms with van der Waals surface area (Å²) in [6.07, 6.45) is 5.11. The molecule has 0 unspecified atom stereocenters. The summed E-state index contributed by atoms with van der Waals surface area (Å²) >= 11 is 0. The van der Waals surface area contributed by atoms with Crippen LogP contribution >= 0.6 is 0 Å². The number of rotatable bonds is 2. The quantitative estimate of drug-likeness (QED) is 0.741. The van der Waals surface area contributed by atoms with Gasteiger partial charge in [-0.05, 0) is 49.8 Å². The molecule has 0 aromatic heterocycles. The van der Waals surface area contributed by atoms with Gasteiger partial charge in [0.1, 0.15) is 0 Å². The van der Waals surface area contributed by atoms with Gasteiger partial charge in [-0.3, -0.25) is 4.79 Å². The zero-order valence-electron chi connectivity index (χ0n) is 10.9. The SMILES string of the molecule is CC1=CC(=O)C2=C(C)CC[C@@H]([C@H](C)C(=O)[O-])C=C12. The van der Waals surface area contributed by atoms with Crippen molar-refractivity contribution in [3.63, 3.8) is 0 Å². The highest BCUT2D eigenvalue weighted by Gasteiger charge is 2.29. The molecule has 0 amide bonds. The maximum absolute atomic E-state index is 11.9. The van der Waals surface area contributed by atoms with E-state index in [0.29, 0.717) is 0 Å². The molecule has 0 spiro atoms. The first-order valence-electron chi connectivity index (χ1n) is 6.27. The van der Waals surface area contributed by atoms with Crippen LogP contribution in [0, 0.1) is 11.8 Å². The summed E-state index contributed by atoms with van der Waals surface area (Å²) in [6.45, 7) is 5.53. The Bertz CT molecular complexity index is 506. The maximum Gasteiger partial charge on any atom is 0.186 e. The van der Waals surface area contributed by atoms with Crippen LogP contribution in [0.4, 0.5) is 0 Å². The summed E-state index contributed by atoms with van der Waals surface area (Å²) in [5.41, 5.74) is 3.70. The third-order valence-corrected chi connectivity index (χ3v) is 3.96. The third-order valence-electron chi connectivity index (χ3n) is 3.96. The fourth-order valence-electron chi connectivity index (χ4n) is 2.71. The normalized spacial score (nSPS) is 25.3. The lowest BCUT2D eigenvalue weighted by Gasteiger charge is -2.21. The van der Waals surface area contributed by atoms with Gasteiger partial charge >= 0.3 is 0 Å². The zero-order chi connectivity index (χ0) is 13.4. The van der Waals surface area contributed by atoms with Crippen molar-refractivity contribution in [1.82, 2.24) is 0 Å². The summed E-state index contributed by atoms with van der Waals surface area (Å²) in [4.78, 5) is 22.9. The minimum Gasteiger partial charge on any atom is -0.550 e. The Balaban J connectivity index is 2.42. The molecule has 3 heteroatoms. The van der Waals surface area contributed by atoms with Gasteiger partial charge in [-0.25, -0.2) is 0 Å². The first kappa shape index (κ1) is 12.8. The first-order valence-corrected chi connectivity index (χ1v) is 6.27. The number of aliphatic carboxylic acids is 1. The van der Waals surface area contributed by atoms with Crippen molar-refractivity contribution in [2.45, 2.75) is 33.6 Å². The van der Waals surface area contributed by atoms with Crippen LogP contribution in [0.25, 0.3) is 0 Å². The van der Waals surface area contributed by atoms with Gasteiger partial charge in [-0.15, -0.1) is 0 Å². The van der Waals surface area contributed by atoms with E-state index in [9.17, 15) is 14.7 Å². The second-order valence-corrected chi connectivity index (χ2v) is 5.24. The van der Waals surface area contributed by atoms with Crippen molar-refractivity contribution in [3.8, 4) is 0 Å². The number of ketones is 1. The minimum absolute atomic E-state index is 0.0537. The lowest BCUT2D eigenvalue weighted by molar-refractivity contribution is -0.312. The van der Waals surface area contributed by atoms with E-state index in [0.717, 1.165) is 35.1 Å². The predicted molar refractivity (Wildman–Crippen MR) is 66.4 cm³/mol. The van der Waals surface area contributed by atoms with Crippen molar-refractivity contribution in [2.75, 3.05) is 0 Å². The smallest absolute Gasteiger partial charge is 0.186 e. The Morgan fingerprint density at radius 2 is 2.11 bits per heavy atom. The van der Waals surface area contributed by atoms with Gasteiger partial charge in [0, 0.05) is 17.5 Å². The second-order valence-electron chi connectivity index (χ2n) is 5.24. The molecule has 2 rings (SSSR count). The molecule has 0 N–H and O–H groups in total. The van der Waals surface area contributed by atoms with Crippen molar-refractivity contribution in [1.29, 1.82) is 0 Å². The highest BCUT2D eigenvalue weighted by molar-refractivity contribution is 6.13. The number of carbonyl (C=O) groups is 2. The summed E-state index contributed by atoms with van der Waals surface area (Å²) in [7, 11) is 0. The van der Waals surface area contributed by atoms with E-state index in [1.165, 1.54) is 0 Å². The molecule has 0 bridgehead atoms. The molecule has 0 aromatic carbocycles. The van der Waals surface area contributed by atoms with Gasteiger partial charge in [0.05, 0.1) is 0 Å². The van der Waals surface area contributed by atoms with Crippen LogP contribution in [0.15, 0.2) is 34.4 Å². The fourth-order valence-corrected chi connectivity index (χ4v) is 2.71. The molecule has 0 aliphatic heterocycles. The van der Waals surface area contributed by atoms with Gasteiger partial charge in [-0.1, -0.05) is 18.6 Å². The summed E-state index contributed by atoms with van der Waals surface area (Å²) in [6, 6.07) is 0. The van der Waals surface area contributed by atoms with Crippen LogP contribution in [0.5, 0.6) is 0 Å². The van der Waals surface area contributed by atoms with E-state index >= 15 is 0 Å². The lowest BCUT2D eigenvalue weighted by Crippen LogP contribution is -2.33. The van der Waals surface area contributed by atoms with E-state index in [4.69, 9.17) is 0 Å². The number of carboxylic acids is 1. The monoisotopic (exact) mass is 245 g/mol. The number of fused-ring (bicyclic) bond motifs is 1. The molecule has 0 saturated carbocycles. The minimum atomic E-state index is -1.02. The highest BCUT2D eigenvalue weighted by Crippen LogP contribution is 2.38. The molecule has 3 nitrogen and oxygen atoms in total. The number of carbonyl (C=O) groups excluding carboxylic acids is 2. The van der Waals surface area contributed by atoms with Gasteiger partial charge in [0.2, 0.25) is 0 Å². The fraction of sp³-hybridized carbons (Fsp3) is 0.467. The van der Waals surface area contributed by atoms with E-state index in [-0.39, 0.29) is 11.7 Å². The molecule has 0 saturated heterocycles. The standard InChI is InChI=1S/C15H18O3/c1-8-4-5-11(10(3)15(17)18)7-12-9(2)6-13(16)14(8)12/h6-7,10-11H,4-5H2,1-3H3,(H,17,18)/p-1/t10-,11+/m0/s1. The number of allylic oxidation sites excluding steroid dienone is 6. The molecular formula is C15H17O3-. The molecule has 2 aliphatic rings. The van der Waals surface area contributed by atoms with Crippen LogP contribution in [0.2, 0.25) is 0 Å². The molecule has 18 heavy (non-hydrogen) atoms. The van der Waals surface area contributed by atoms with Crippen LogP contribution in [-0.2, 0) is 9.59 Å². The van der Waals surface area contributed by atoms with E-state index in [1.54, 1.807) is 13.0 Å². The Morgan fingerprint density at radius 3 is 2.72 bits per heavy atom. The molecule has 0 radical (unpaired) electrons. The van der Waals surface area contributed by atoms with E-state index < -0.39 is 11.9 Å². The third kappa shape index (κ3) is 2.05. The molecule has 0 aromatic rings. The average molecular weight is 245 g/mol. The Labute approximate surface area is 107 Å². The van der Waals surface area contributed by atoms with Crippen molar-refractivity contribution in [2.24, 2.45) is 11.8 Å². The maximum atomic E-state index is 11.9.